The molecule has 0 spiro atoms. The molecule has 14 heavy (non-hydrogen) atoms. The summed E-state index contributed by atoms with van der Waals surface area (Å²) in [5.41, 5.74) is 2.12. The summed E-state index contributed by atoms with van der Waals surface area (Å²) in [6, 6.07) is 3.88. The van der Waals surface area contributed by atoms with E-state index in [1.807, 2.05) is 32.9 Å². The summed E-state index contributed by atoms with van der Waals surface area (Å²) < 4.78 is 12.7. The topological polar surface area (TPSA) is 12.9 Å². The van der Waals surface area contributed by atoms with Gasteiger partial charge in [0.1, 0.15) is 4.60 Å². The third-order valence-corrected chi connectivity index (χ3v) is 2.18. The van der Waals surface area contributed by atoms with Gasteiger partial charge in [0.2, 0.25) is 0 Å². The number of aromatic nitrogens is 1. The Bertz CT molecular complexity index is 263. The molecule has 3 heteroatoms. The van der Waals surface area contributed by atoms with Crippen LogP contribution in [-0.2, 0) is 6.42 Å². The molecule has 0 N–H and O–H groups in total. The summed E-state index contributed by atoms with van der Waals surface area (Å²) in [5, 5.41) is 0. The zero-order valence-corrected chi connectivity index (χ0v) is 10.6. The Hall–Kier alpha value is -0.440. The summed E-state index contributed by atoms with van der Waals surface area (Å²) in [6.07, 6.45) is 1.37. The second-order valence-corrected chi connectivity index (χ2v) is 3.48. The average molecular weight is 262 g/mol. The zero-order valence-electron chi connectivity index (χ0n) is 8.98. The highest BCUT2D eigenvalue weighted by Crippen LogP contribution is 2.12. The highest BCUT2D eigenvalue weighted by Gasteiger charge is 1.99. The van der Waals surface area contributed by atoms with E-state index in [0.717, 1.165) is 22.3 Å². The van der Waals surface area contributed by atoms with Crippen molar-refractivity contribution in [3.8, 4) is 0 Å². The normalized spacial score (nSPS) is 9.21. The molecule has 1 heterocycles. The van der Waals surface area contributed by atoms with Crippen molar-refractivity contribution in [1.29, 1.82) is 0 Å². The first-order valence-electron chi connectivity index (χ1n) is 4.92. The molecular formula is C11H17BrFN. The summed E-state index contributed by atoms with van der Waals surface area (Å²) in [4.78, 5) is 4.22. The van der Waals surface area contributed by atoms with Gasteiger partial charge in [0.05, 0.1) is 6.67 Å². The molecule has 0 aliphatic carbocycles. The van der Waals surface area contributed by atoms with Crippen molar-refractivity contribution in [1.82, 2.24) is 4.98 Å². The van der Waals surface area contributed by atoms with E-state index in [2.05, 4.69) is 20.9 Å². The number of aryl methyl sites for hydroxylation is 2. The first kappa shape index (κ1) is 13.6. The van der Waals surface area contributed by atoms with Crippen molar-refractivity contribution in [2.75, 3.05) is 6.67 Å². The fourth-order valence-corrected chi connectivity index (χ4v) is 1.48. The van der Waals surface area contributed by atoms with Crippen LogP contribution in [0.4, 0.5) is 4.39 Å². The minimum atomic E-state index is -0.254. The Morgan fingerprint density at radius 2 is 2.00 bits per heavy atom. The van der Waals surface area contributed by atoms with Gasteiger partial charge in [-0.05, 0) is 47.3 Å². The third-order valence-electron chi connectivity index (χ3n) is 1.74. The first-order chi connectivity index (χ1) is 6.74. The van der Waals surface area contributed by atoms with Crippen molar-refractivity contribution in [3.05, 3.63) is 28.0 Å². The number of rotatable bonds is 3. The molecule has 0 aliphatic heterocycles. The molecule has 0 radical (unpaired) electrons. The van der Waals surface area contributed by atoms with E-state index in [9.17, 15) is 4.39 Å². The average Bonchev–Trinajstić information content (AvgIpc) is 2.20. The van der Waals surface area contributed by atoms with Crippen molar-refractivity contribution in [3.63, 3.8) is 0 Å². The molecule has 0 amide bonds. The maximum Gasteiger partial charge on any atom is 0.106 e. The fourth-order valence-electron chi connectivity index (χ4n) is 1.08. The molecule has 0 saturated carbocycles. The van der Waals surface area contributed by atoms with Crippen LogP contribution in [0.25, 0.3) is 0 Å². The maximum atomic E-state index is 11.9. The van der Waals surface area contributed by atoms with Crippen LogP contribution in [0, 0.1) is 6.92 Å². The van der Waals surface area contributed by atoms with Gasteiger partial charge in [-0.1, -0.05) is 19.9 Å². The Kier molecular flexibility index (Phi) is 7.67. The second-order valence-electron chi connectivity index (χ2n) is 2.67. The molecule has 80 valence electrons. The van der Waals surface area contributed by atoms with Crippen molar-refractivity contribution in [2.24, 2.45) is 0 Å². The van der Waals surface area contributed by atoms with Crippen LogP contribution in [0.2, 0.25) is 0 Å². The molecule has 0 fully saturated rings. The quantitative estimate of drug-likeness (QED) is 0.748. The molecule has 0 unspecified atom stereocenters. The Balaban J connectivity index is 0.000000791. The lowest BCUT2D eigenvalue weighted by atomic mass is 10.1. The molecule has 1 rings (SSSR count). The molecule has 0 bridgehead atoms. The molecule has 0 saturated heterocycles. The van der Waals surface area contributed by atoms with Crippen LogP contribution in [0.5, 0.6) is 0 Å². The van der Waals surface area contributed by atoms with Gasteiger partial charge < -0.3 is 0 Å². The highest BCUT2D eigenvalue weighted by molar-refractivity contribution is 9.10. The van der Waals surface area contributed by atoms with E-state index in [1.54, 1.807) is 0 Å². The zero-order chi connectivity index (χ0) is 11.0. The predicted octanol–water partition coefficient (Wildman–Crippen LogP) is 4.08. The highest BCUT2D eigenvalue weighted by atomic mass is 79.9. The molecule has 1 aromatic rings. The third kappa shape index (κ3) is 4.70. The molecule has 0 aromatic carbocycles. The number of alkyl halides is 1. The second kappa shape index (κ2) is 7.92. The van der Waals surface area contributed by atoms with Gasteiger partial charge in [0.15, 0.2) is 0 Å². The van der Waals surface area contributed by atoms with Gasteiger partial charge in [0.25, 0.3) is 0 Å². The van der Waals surface area contributed by atoms with Crippen molar-refractivity contribution < 1.29 is 4.39 Å². The van der Waals surface area contributed by atoms with Crippen molar-refractivity contribution in [2.45, 2.75) is 33.6 Å². The number of hydrogen-bond donors (Lipinski definition) is 0. The van der Waals surface area contributed by atoms with Gasteiger partial charge in [-0.2, -0.15) is 0 Å². The minimum Gasteiger partial charge on any atom is -0.251 e. The summed E-state index contributed by atoms with van der Waals surface area (Å²) in [6.45, 7) is 5.69. The lowest BCUT2D eigenvalue weighted by Gasteiger charge is -2.02. The first-order valence-corrected chi connectivity index (χ1v) is 5.71. The van der Waals surface area contributed by atoms with Crippen LogP contribution >= 0.6 is 15.9 Å². The fraction of sp³-hybridized carbons (Fsp3) is 0.545. The summed E-state index contributed by atoms with van der Waals surface area (Å²) in [7, 11) is 0. The van der Waals surface area contributed by atoms with Crippen LogP contribution in [0.1, 0.15) is 31.5 Å². The SMILES string of the molecule is CC.Cc1nc(Br)ccc1CCCF. The van der Waals surface area contributed by atoms with Gasteiger partial charge >= 0.3 is 0 Å². The van der Waals surface area contributed by atoms with E-state index in [-0.39, 0.29) is 6.67 Å². The Morgan fingerprint density at radius 3 is 2.50 bits per heavy atom. The number of nitrogens with zero attached hydrogens (tertiary/aromatic N) is 1. The number of pyridine rings is 1. The summed E-state index contributed by atoms with van der Waals surface area (Å²) in [5.74, 6) is 0. The molecule has 1 aromatic heterocycles. The standard InChI is InChI=1S/C9H11BrFN.C2H6/c1-7-8(3-2-6-11)4-5-9(10)12-7;1-2/h4-5H,2-3,6H2,1H3;1-2H3. The van der Waals surface area contributed by atoms with E-state index in [4.69, 9.17) is 0 Å². The molecule has 0 aliphatic rings. The lowest BCUT2D eigenvalue weighted by Crippen LogP contribution is -1.93. The predicted molar refractivity (Wildman–Crippen MR) is 62.3 cm³/mol. The van der Waals surface area contributed by atoms with Gasteiger partial charge in [-0.3, -0.25) is 4.39 Å². The smallest absolute Gasteiger partial charge is 0.106 e. The van der Waals surface area contributed by atoms with E-state index in [0.29, 0.717) is 6.42 Å². The van der Waals surface area contributed by atoms with Crippen LogP contribution in [-0.4, -0.2) is 11.7 Å². The number of hydrogen-bond acceptors (Lipinski definition) is 1. The lowest BCUT2D eigenvalue weighted by molar-refractivity contribution is 0.472. The van der Waals surface area contributed by atoms with Gasteiger partial charge in [-0.25, -0.2) is 4.98 Å². The monoisotopic (exact) mass is 261 g/mol. The van der Waals surface area contributed by atoms with Crippen LogP contribution < -0.4 is 0 Å². The summed E-state index contributed by atoms with van der Waals surface area (Å²) >= 11 is 3.28. The largest absolute Gasteiger partial charge is 0.251 e. The Morgan fingerprint density at radius 1 is 1.36 bits per heavy atom. The molecule has 1 nitrogen and oxygen atoms in total. The van der Waals surface area contributed by atoms with E-state index in [1.165, 1.54) is 0 Å². The molecular weight excluding hydrogens is 245 g/mol. The minimum absolute atomic E-state index is 0.254. The van der Waals surface area contributed by atoms with Crippen molar-refractivity contribution >= 4 is 15.9 Å². The van der Waals surface area contributed by atoms with Crippen LogP contribution in [0.3, 0.4) is 0 Å². The van der Waals surface area contributed by atoms with E-state index >= 15 is 0 Å². The number of halogens is 2. The maximum absolute atomic E-state index is 11.9. The van der Waals surface area contributed by atoms with E-state index < -0.39 is 0 Å². The Labute approximate surface area is 93.9 Å². The van der Waals surface area contributed by atoms with Gasteiger partial charge in [0, 0.05) is 5.69 Å². The van der Waals surface area contributed by atoms with Crippen LogP contribution in [0.15, 0.2) is 16.7 Å². The van der Waals surface area contributed by atoms with Gasteiger partial charge in [-0.15, -0.1) is 0 Å². The molecule has 0 atom stereocenters.